The second kappa shape index (κ2) is 21.9. The highest BCUT2D eigenvalue weighted by atomic mass is 16.6. The number of rotatable bonds is 22. The van der Waals surface area contributed by atoms with Crippen molar-refractivity contribution in [3.8, 4) is 0 Å². The minimum atomic E-state index is -0.565. The lowest BCUT2D eigenvalue weighted by Crippen LogP contribution is -2.45. The van der Waals surface area contributed by atoms with Gasteiger partial charge in [-0.15, -0.1) is 0 Å². The zero-order valence-corrected chi connectivity index (χ0v) is 27.7. The molecule has 0 aromatic heterocycles. The summed E-state index contributed by atoms with van der Waals surface area (Å²) in [6.07, 6.45) is 7.84. The van der Waals surface area contributed by atoms with Crippen LogP contribution in [0.25, 0.3) is 0 Å². The summed E-state index contributed by atoms with van der Waals surface area (Å²) in [5.74, 6) is 0.153. The molecule has 0 aliphatic carbocycles. The maximum absolute atomic E-state index is 12.9. The van der Waals surface area contributed by atoms with Crippen molar-refractivity contribution in [2.75, 3.05) is 0 Å². The summed E-state index contributed by atoms with van der Waals surface area (Å²) in [6, 6.07) is 17.8. The van der Waals surface area contributed by atoms with Crippen LogP contribution < -0.4 is 10.6 Å². The molecule has 0 saturated heterocycles. The van der Waals surface area contributed by atoms with E-state index < -0.39 is 24.3 Å². The zero-order chi connectivity index (χ0) is 32.9. The van der Waals surface area contributed by atoms with E-state index in [1.165, 1.54) is 0 Å². The molecular formula is C37H54N2O6. The number of amides is 2. The van der Waals surface area contributed by atoms with Gasteiger partial charge in [-0.05, 0) is 35.8 Å². The van der Waals surface area contributed by atoms with E-state index in [4.69, 9.17) is 9.47 Å². The number of unbranched alkanes of at least 4 members (excludes halogenated alkanes) is 6. The van der Waals surface area contributed by atoms with Crippen molar-refractivity contribution in [1.29, 1.82) is 0 Å². The maximum atomic E-state index is 12.9. The molecule has 8 heteroatoms. The van der Waals surface area contributed by atoms with Gasteiger partial charge in [0.2, 0.25) is 0 Å². The Kier molecular flexibility index (Phi) is 18.3. The number of carbonyl (C=O) groups excluding carboxylic acids is 4. The largest absolute Gasteiger partial charge is 0.445 e. The number of benzene rings is 2. The summed E-state index contributed by atoms with van der Waals surface area (Å²) in [6.45, 7) is 8.31. The van der Waals surface area contributed by atoms with Crippen LogP contribution in [0, 0.1) is 11.8 Å². The van der Waals surface area contributed by atoms with Crippen molar-refractivity contribution < 1.29 is 28.7 Å². The number of alkyl carbamates (subject to hydrolysis) is 2. The third-order valence-electron chi connectivity index (χ3n) is 8.44. The van der Waals surface area contributed by atoms with E-state index in [2.05, 4.69) is 10.6 Å². The minimum Gasteiger partial charge on any atom is -0.445 e. The average molecular weight is 623 g/mol. The molecule has 4 atom stereocenters. The molecule has 45 heavy (non-hydrogen) atoms. The molecule has 0 saturated carbocycles. The second-order valence-electron chi connectivity index (χ2n) is 12.0. The first-order valence-electron chi connectivity index (χ1n) is 16.7. The van der Waals surface area contributed by atoms with Crippen molar-refractivity contribution in [1.82, 2.24) is 10.6 Å². The molecule has 0 bridgehead atoms. The smallest absolute Gasteiger partial charge is 0.408 e. The molecule has 0 aliphatic rings. The van der Waals surface area contributed by atoms with E-state index in [0.29, 0.717) is 12.8 Å². The quantitative estimate of drug-likeness (QED) is 0.128. The molecule has 248 valence electrons. The summed E-state index contributed by atoms with van der Waals surface area (Å²) in [5, 5.41) is 5.59. The van der Waals surface area contributed by atoms with Gasteiger partial charge in [0, 0.05) is 12.8 Å². The number of nitrogens with one attached hydrogen (secondary N) is 2. The maximum Gasteiger partial charge on any atom is 0.408 e. The molecule has 2 aromatic rings. The monoisotopic (exact) mass is 622 g/mol. The van der Waals surface area contributed by atoms with Gasteiger partial charge in [-0.2, -0.15) is 0 Å². The summed E-state index contributed by atoms with van der Waals surface area (Å²) in [7, 11) is 0. The summed E-state index contributed by atoms with van der Waals surface area (Å²) in [4.78, 5) is 50.6. The lowest BCUT2D eigenvalue weighted by atomic mass is 9.92. The number of ketones is 2. The molecule has 2 N–H and O–H groups in total. The molecule has 2 rings (SSSR count). The molecule has 2 unspecified atom stereocenters. The predicted octanol–water partition coefficient (Wildman–Crippen LogP) is 8.32. The first kappa shape index (κ1) is 37.5. The lowest BCUT2D eigenvalue weighted by Gasteiger charge is -2.23. The molecule has 2 amide bonds. The van der Waals surface area contributed by atoms with Crippen molar-refractivity contribution in [2.45, 2.75) is 124 Å². The Morgan fingerprint density at radius 2 is 0.889 bits per heavy atom. The normalized spacial score (nSPS) is 13.6. The van der Waals surface area contributed by atoms with E-state index in [9.17, 15) is 19.2 Å². The van der Waals surface area contributed by atoms with Gasteiger partial charge >= 0.3 is 12.2 Å². The van der Waals surface area contributed by atoms with Crippen molar-refractivity contribution in [2.24, 2.45) is 11.8 Å². The predicted molar refractivity (Wildman–Crippen MR) is 178 cm³/mol. The van der Waals surface area contributed by atoms with Crippen LogP contribution in [0.4, 0.5) is 9.59 Å². The Bertz CT molecular complexity index is 1050. The van der Waals surface area contributed by atoms with E-state index in [1.807, 2.05) is 88.4 Å². The van der Waals surface area contributed by atoms with Crippen LogP contribution in [0.1, 0.15) is 109 Å². The molecule has 0 aliphatic heterocycles. The highest BCUT2D eigenvalue weighted by Crippen LogP contribution is 2.17. The third kappa shape index (κ3) is 15.2. The van der Waals surface area contributed by atoms with Crippen LogP contribution >= 0.6 is 0 Å². The van der Waals surface area contributed by atoms with Gasteiger partial charge in [0.25, 0.3) is 0 Å². The number of carbonyl (C=O) groups is 4. The van der Waals surface area contributed by atoms with Crippen molar-refractivity contribution in [3.05, 3.63) is 71.8 Å². The van der Waals surface area contributed by atoms with Crippen LogP contribution in [-0.4, -0.2) is 35.8 Å². The summed E-state index contributed by atoms with van der Waals surface area (Å²) >= 11 is 0. The Hall–Kier alpha value is -3.68. The third-order valence-corrected chi connectivity index (χ3v) is 8.44. The Morgan fingerprint density at radius 1 is 0.556 bits per heavy atom. The van der Waals surface area contributed by atoms with Gasteiger partial charge in [0.05, 0.1) is 12.1 Å². The number of hydrogen-bond donors (Lipinski definition) is 2. The first-order chi connectivity index (χ1) is 21.7. The molecular weight excluding hydrogens is 568 g/mol. The Labute approximate surface area is 270 Å². The number of ether oxygens (including phenoxy) is 2. The van der Waals surface area contributed by atoms with E-state index >= 15 is 0 Å². The first-order valence-corrected chi connectivity index (χ1v) is 16.7. The molecule has 0 heterocycles. The fraction of sp³-hybridized carbons (Fsp3) is 0.568. The Balaban J connectivity index is 1.61. The number of hydrogen-bond acceptors (Lipinski definition) is 6. The Morgan fingerprint density at radius 3 is 1.22 bits per heavy atom. The van der Waals surface area contributed by atoms with Gasteiger partial charge in [0.1, 0.15) is 13.2 Å². The SMILES string of the molecule is CCC(C)[C@H](NC(=O)OCc1ccccc1)C(=O)CCCCCCCCCC(=O)[C@@H](NC(=O)OCc1ccccc1)C(C)CC. The summed E-state index contributed by atoms with van der Waals surface area (Å²) < 4.78 is 10.7. The fourth-order valence-electron chi connectivity index (χ4n) is 5.13. The minimum absolute atomic E-state index is 0.0273. The molecule has 0 radical (unpaired) electrons. The topological polar surface area (TPSA) is 111 Å². The van der Waals surface area contributed by atoms with Crippen LogP contribution in [0.3, 0.4) is 0 Å². The van der Waals surface area contributed by atoms with Crippen molar-refractivity contribution >= 4 is 23.8 Å². The van der Waals surface area contributed by atoms with Crippen LogP contribution in [0.15, 0.2) is 60.7 Å². The lowest BCUT2D eigenvalue weighted by molar-refractivity contribution is -0.123. The highest BCUT2D eigenvalue weighted by molar-refractivity contribution is 5.88. The van der Waals surface area contributed by atoms with Gasteiger partial charge < -0.3 is 20.1 Å². The standard InChI is InChI=1S/C37H54N2O6/c1-5-28(3)34(38-36(42)44-26-30-20-14-12-15-21-30)32(40)24-18-10-8-7-9-11-19-25-33(41)35(29(4)6-2)39-37(43)45-27-31-22-16-13-17-23-31/h12-17,20-23,28-29,34-35H,5-11,18-19,24-27H2,1-4H3,(H,38,42)(H,39,43)/t28?,29?,34-,35-/m0/s1. The summed E-state index contributed by atoms with van der Waals surface area (Å²) in [5.41, 5.74) is 1.80. The van der Waals surface area contributed by atoms with Gasteiger partial charge in [0.15, 0.2) is 11.6 Å². The molecule has 0 spiro atoms. The van der Waals surface area contributed by atoms with E-state index in [-0.39, 0.29) is 36.6 Å². The van der Waals surface area contributed by atoms with Gasteiger partial charge in [-0.1, -0.05) is 133 Å². The highest BCUT2D eigenvalue weighted by Gasteiger charge is 2.27. The zero-order valence-electron chi connectivity index (χ0n) is 27.7. The van der Waals surface area contributed by atoms with E-state index in [0.717, 1.165) is 68.9 Å². The second-order valence-corrected chi connectivity index (χ2v) is 12.0. The molecule has 2 aromatic carbocycles. The van der Waals surface area contributed by atoms with Crippen LogP contribution in [-0.2, 0) is 32.3 Å². The molecule has 8 nitrogen and oxygen atoms in total. The molecule has 0 fully saturated rings. The average Bonchev–Trinajstić information content (AvgIpc) is 3.06. The van der Waals surface area contributed by atoms with Gasteiger partial charge in [-0.3, -0.25) is 9.59 Å². The fourth-order valence-corrected chi connectivity index (χ4v) is 5.13. The number of Topliss-reactive ketones (excluding diaryl/α,β-unsaturated/α-hetero) is 2. The van der Waals surface area contributed by atoms with Crippen LogP contribution in [0.2, 0.25) is 0 Å². The van der Waals surface area contributed by atoms with E-state index in [1.54, 1.807) is 0 Å². The van der Waals surface area contributed by atoms with Crippen LogP contribution in [0.5, 0.6) is 0 Å². The van der Waals surface area contributed by atoms with Crippen molar-refractivity contribution in [3.63, 3.8) is 0 Å². The van der Waals surface area contributed by atoms with Gasteiger partial charge in [-0.25, -0.2) is 9.59 Å².